The fraction of sp³-hybridized carbons (Fsp3) is 0.368. The van der Waals surface area contributed by atoms with E-state index >= 15 is 0 Å². The van der Waals surface area contributed by atoms with E-state index in [1.165, 1.54) is 0 Å². The van der Waals surface area contributed by atoms with Gasteiger partial charge in [-0.3, -0.25) is 4.79 Å². The summed E-state index contributed by atoms with van der Waals surface area (Å²) in [6.07, 6.45) is 3.89. The van der Waals surface area contributed by atoms with Crippen LogP contribution in [-0.2, 0) is 9.63 Å². The van der Waals surface area contributed by atoms with Gasteiger partial charge in [0.2, 0.25) is 11.5 Å². The molecule has 0 bridgehead atoms. The second-order valence-electron chi connectivity index (χ2n) is 6.87. The Morgan fingerprint density at radius 1 is 1.11 bits per heavy atom. The largest absolute Gasteiger partial charge is 0.379 e. The third-order valence-electron chi connectivity index (χ3n) is 4.89. The molecule has 140 valence electrons. The van der Waals surface area contributed by atoms with E-state index in [4.69, 9.17) is 16.4 Å². The number of carbonyl (C=O) groups excluding carboxylic acids is 1. The monoisotopic (exact) mass is 385 g/mol. The normalized spacial score (nSPS) is 22.4. The van der Waals surface area contributed by atoms with Gasteiger partial charge >= 0.3 is 0 Å². The van der Waals surface area contributed by atoms with Gasteiger partial charge in [0.25, 0.3) is 5.91 Å². The third-order valence-corrected chi connectivity index (χ3v) is 5.15. The van der Waals surface area contributed by atoms with Crippen molar-refractivity contribution in [2.45, 2.75) is 18.9 Å². The molecule has 0 saturated carbocycles. The Hall–Kier alpha value is -2.67. The van der Waals surface area contributed by atoms with E-state index in [1.807, 2.05) is 29.2 Å². The number of halogens is 1. The van der Waals surface area contributed by atoms with Crippen LogP contribution in [0, 0.1) is 0 Å². The van der Waals surface area contributed by atoms with Gasteiger partial charge in [-0.2, -0.15) is 0 Å². The topological polar surface area (TPSA) is 70.9 Å². The molecule has 8 heteroatoms. The summed E-state index contributed by atoms with van der Waals surface area (Å²) in [5.74, 6) is 0.658. The molecule has 1 amide bonds. The molecule has 0 N–H and O–H groups in total. The number of amides is 1. The minimum Gasteiger partial charge on any atom is -0.379 e. The molecule has 4 rings (SSSR count). The Balaban J connectivity index is 1.38. The van der Waals surface area contributed by atoms with E-state index in [0.717, 1.165) is 11.3 Å². The smallest absolute Gasteiger partial charge is 0.269 e. The summed E-state index contributed by atoms with van der Waals surface area (Å²) in [6, 6.07) is 9.18. The molecule has 1 saturated heterocycles. The molecule has 27 heavy (non-hydrogen) atoms. The summed E-state index contributed by atoms with van der Waals surface area (Å²) in [4.78, 5) is 31.1. The summed E-state index contributed by atoms with van der Waals surface area (Å²) in [6.45, 7) is 4.39. The number of carbonyl (C=O) groups is 1. The van der Waals surface area contributed by atoms with Crippen LogP contribution in [0.3, 0.4) is 0 Å². The van der Waals surface area contributed by atoms with Crippen molar-refractivity contribution in [2.75, 3.05) is 31.1 Å². The van der Waals surface area contributed by atoms with Crippen LogP contribution in [0.15, 0.2) is 47.9 Å². The number of rotatable bonds is 3. The Kier molecular flexibility index (Phi) is 4.70. The lowest BCUT2D eigenvalue weighted by molar-refractivity contribution is -0.153. The number of oxime groups is 1. The number of hydrogen-bond donors (Lipinski definition) is 0. The Bertz CT molecular complexity index is 850. The second kappa shape index (κ2) is 7.15. The number of nitrogens with zero attached hydrogens (tertiary/aromatic N) is 5. The van der Waals surface area contributed by atoms with Gasteiger partial charge in [-0.05, 0) is 30.7 Å². The zero-order chi connectivity index (χ0) is 18.9. The summed E-state index contributed by atoms with van der Waals surface area (Å²) in [7, 11) is 0. The highest BCUT2D eigenvalue weighted by molar-refractivity contribution is 6.30. The zero-order valence-corrected chi connectivity index (χ0v) is 15.8. The molecule has 0 aliphatic carbocycles. The quantitative estimate of drug-likeness (QED) is 0.811. The molecular weight excluding hydrogens is 366 g/mol. The van der Waals surface area contributed by atoms with E-state index in [2.05, 4.69) is 20.0 Å². The van der Waals surface area contributed by atoms with Crippen LogP contribution < -0.4 is 4.90 Å². The van der Waals surface area contributed by atoms with Gasteiger partial charge in [-0.15, -0.1) is 0 Å². The lowest BCUT2D eigenvalue weighted by Crippen LogP contribution is -2.55. The lowest BCUT2D eigenvalue weighted by Gasteiger charge is -2.37. The lowest BCUT2D eigenvalue weighted by atomic mass is 9.94. The number of hydrogen-bond acceptors (Lipinski definition) is 6. The highest BCUT2D eigenvalue weighted by Gasteiger charge is 2.45. The molecular formula is C19H20ClN5O2. The van der Waals surface area contributed by atoms with Crippen LogP contribution in [0.2, 0.25) is 5.02 Å². The molecule has 0 radical (unpaired) electrons. The molecule has 2 aromatic rings. The molecule has 1 aromatic carbocycles. The van der Waals surface area contributed by atoms with Crippen molar-refractivity contribution >= 4 is 29.2 Å². The van der Waals surface area contributed by atoms with E-state index in [1.54, 1.807) is 25.4 Å². The van der Waals surface area contributed by atoms with Gasteiger partial charge in [0, 0.05) is 50.0 Å². The van der Waals surface area contributed by atoms with Crippen LogP contribution in [-0.4, -0.2) is 58.3 Å². The average Bonchev–Trinajstić information content (AvgIpc) is 3.12. The molecule has 2 aliphatic rings. The first-order valence-corrected chi connectivity index (χ1v) is 9.25. The summed E-state index contributed by atoms with van der Waals surface area (Å²) in [5, 5.41) is 4.83. The van der Waals surface area contributed by atoms with Crippen LogP contribution >= 0.6 is 11.6 Å². The molecule has 3 heterocycles. The molecule has 7 nitrogen and oxygen atoms in total. The maximum absolute atomic E-state index is 13.1. The van der Waals surface area contributed by atoms with Crippen molar-refractivity contribution in [3.05, 3.63) is 53.3 Å². The van der Waals surface area contributed by atoms with Crippen molar-refractivity contribution in [2.24, 2.45) is 5.16 Å². The number of benzene rings is 1. The number of aromatic nitrogens is 2. The maximum Gasteiger partial charge on any atom is 0.269 e. The first kappa shape index (κ1) is 17.7. The zero-order valence-electron chi connectivity index (χ0n) is 15.0. The van der Waals surface area contributed by atoms with Gasteiger partial charge in [-0.1, -0.05) is 28.9 Å². The molecule has 0 spiro atoms. The van der Waals surface area contributed by atoms with Gasteiger partial charge in [0.15, 0.2) is 0 Å². The van der Waals surface area contributed by atoms with E-state index in [0.29, 0.717) is 43.6 Å². The van der Waals surface area contributed by atoms with Gasteiger partial charge in [0.05, 0.1) is 5.71 Å². The first-order chi connectivity index (χ1) is 13.0. The number of anilines is 1. The van der Waals surface area contributed by atoms with Gasteiger partial charge < -0.3 is 14.6 Å². The predicted molar refractivity (Wildman–Crippen MR) is 103 cm³/mol. The van der Waals surface area contributed by atoms with E-state index in [-0.39, 0.29) is 5.91 Å². The fourth-order valence-corrected chi connectivity index (χ4v) is 3.48. The molecule has 1 aromatic heterocycles. The first-order valence-electron chi connectivity index (χ1n) is 8.87. The fourth-order valence-electron chi connectivity index (χ4n) is 3.35. The molecule has 1 atom stereocenters. The van der Waals surface area contributed by atoms with E-state index in [9.17, 15) is 4.79 Å². The van der Waals surface area contributed by atoms with Crippen molar-refractivity contribution in [1.29, 1.82) is 0 Å². The minimum atomic E-state index is -0.972. The molecule has 1 unspecified atom stereocenters. The third kappa shape index (κ3) is 3.60. The van der Waals surface area contributed by atoms with Crippen LogP contribution in [0.5, 0.6) is 0 Å². The van der Waals surface area contributed by atoms with Crippen LogP contribution in [0.4, 0.5) is 5.95 Å². The highest BCUT2D eigenvalue weighted by atomic mass is 35.5. The average molecular weight is 386 g/mol. The SMILES string of the molecule is CC1(C(=O)N2CCN(c3ncccn3)CC2)CC(c2ccc(Cl)cc2)=NO1. The van der Waals surface area contributed by atoms with Gasteiger partial charge in [0.1, 0.15) is 0 Å². The van der Waals surface area contributed by atoms with Crippen molar-refractivity contribution in [3.8, 4) is 0 Å². The second-order valence-corrected chi connectivity index (χ2v) is 7.31. The van der Waals surface area contributed by atoms with Crippen molar-refractivity contribution in [3.63, 3.8) is 0 Å². The number of piperazine rings is 1. The summed E-state index contributed by atoms with van der Waals surface area (Å²) < 4.78 is 0. The van der Waals surface area contributed by atoms with E-state index < -0.39 is 5.60 Å². The van der Waals surface area contributed by atoms with Crippen molar-refractivity contribution in [1.82, 2.24) is 14.9 Å². The Morgan fingerprint density at radius 3 is 2.44 bits per heavy atom. The maximum atomic E-state index is 13.1. The minimum absolute atomic E-state index is 0.0381. The Morgan fingerprint density at radius 2 is 1.78 bits per heavy atom. The summed E-state index contributed by atoms with van der Waals surface area (Å²) in [5.41, 5.74) is 0.709. The Labute approximate surface area is 162 Å². The molecule has 1 fully saturated rings. The standard InChI is InChI=1S/C19H20ClN5O2/c1-19(13-16(23-27-19)14-3-5-15(20)6-4-14)17(26)24-9-11-25(12-10-24)18-21-7-2-8-22-18/h2-8H,9-13H2,1H3. The van der Waals surface area contributed by atoms with Crippen LogP contribution in [0.1, 0.15) is 18.9 Å². The molecule has 2 aliphatic heterocycles. The predicted octanol–water partition coefficient (Wildman–Crippen LogP) is 2.36. The van der Waals surface area contributed by atoms with Crippen LogP contribution in [0.25, 0.3) is 0 Å². The van der Waals surface area contributed by atoms with Gasteiger partial charge in [-0.25, -0.2) is 9.97 Å². The highest BCUT2D eigenvalue weighted by Crippen LogP contribution is 2.29. The summed E-state index contributed by atoms with van der Waals surface area (Å²) >= 11 is 5.94. The van der Waals surface area contributed by atoms with Crippen molar-refractivity contribution < 1.29 is 9.63 Å².